The van der Waals surface area contributed by atoms with E-state index < -0.39 is 12.1 Å². The van der Waals surface area contributed by atoms with Crippen LogP contribution in [0, 0.1) is 0 Å². The van der Waals surface area contributed by atoms with Gasteiger partial charge in [0, 0.05) is 44.5 Å². The van der Waals surface area contributed by atoms with E-state index >= 15 is 0 Å². The number of fused-ring (bicyclic) bond motifs is 1. The molecule has 0 aliphatic carbocycles. The summed E-state index contributed by atoms with van der Waals surface area (Å²) in [4.78, 5) is 49.3. The van der Waals surface area contributed by atoms with Gasteiger partial charge < -0.3 is 26.0 Å². The van der Waals surface area contributed by atoms with Crippen molar-refractivity contribution >= 4 is 34.6 Å². The fraction of sp³-hybridized carbons (Fsp3) is 0.256. The van der Waals surface area contributed by atoms with Crippen molar-refractivity contribution in [2.75, 3.05) is 31.9 Å². The fourth-order valence-electron chi connectivity index (χ4n) is 6.18. The molecule has 3 heterocycles. The summed E-state index contributed by atoms with van der Waals surface area (Å²) in [5.41, 5.74) is 10.8. The van der Waals surface area contributed by atoms with Gasteiger partial charge in [0.1, 0.15) is 24.8 Å². The molecule has 50 heavy (non-hydrogen) atoms. The van der Waals surface area contributed by atoms with Crippen molar-refractivity contribution in [3.05, 3.63) is 138 Å². The van der Waals surface area contributed by atoms with E-state index in [9.17, 15) is 14.4 Å². The highest BCUT2D eigenvalue weighted by molar-refractivity contribution is 5.88. The Morgan fingerprint density at radius 2 is 1.44 bits per heavy atom. The molecule has 0 spiro atoms. The molecule has 3 amide bonds. The number of hydrogen-bond acceptors (Lipinski definition) is 8. The summed E-state index contributed by atoms with van der Waals surface area (Å²) < 4.78 is 5.39. The zero-order valence-corrected chi connectivity index (χ0v) is 27.8. The molecular weight excluding hydrogens is 630 g/mol. The Balaban J connectivity index is 0.000000174. The van der Waals surface area contributed by atoms with Gasteiger partial charge in [0.05, 0.1) is 11.6 Å². The van der Waals surface area contributed by atoms with E-state index in [4.69, 9.17) is 10.5 Å². The topological polar surface area (TPSA) is 143 Å². The molecule has 4 aromatic carbocycles. The van der Waals surface area contributed by atoms with E-state index in [-0.39, 0.29) is 24.5 Å². The van der Waals surface area contributed by atoms with E-state index in [1.807, 2.05) is 102 Å². The minimum Gasteiger partial charge on any atom is -0.445 e. The molecule has 2 atom stereocenters. The third-order valence-corrected chi connectivity index (χ3v) is 8.81. The number of rotatable bonds is 8. The molecule has 0 radical (unpaired) electrons. The van der Waals surface area contributed by atoms with Crippen molar-refractivity contribution in [2.45, 2.75) is 38.1 Å². The highest BCUT2D eigenvalue weighted by atomic mass is 16.6. The Kier molecular flexibility index (Phi) is 11.3. The largest absolute Gasteiger partial charge is 0.445 e. The minimum atomic E-state index is -0.538. The molecule has 2 aliphatic rings. The van der Waals surface area contributed by atoms with Crippen molar-refractivity contribution in [3.63, 3.8) is 0 Å². The molecule has 0 bridgehead atoms. The predicted octanol–water partition coefficient (Wildman–Crippen LogP) is 4.12. The van der Waals surface area contributed by atoms with Crippen LogP contribution in [0.15, 0.2) is 116 Å². The normalized spacial score (nSPS) is 17.4. The predicted molar refractivity (Wildman–Crippen MR) is 192 cm³/mol. The van der Waals surface area contributed by atoms with Crippen molar-refractivity contribution in [2.24, 2.45) is 0 Å². The molecular formula is C39H41N7O4. The van der Waals surface area contributed by atoms with Crippen LogP contribution in [0.1, 0.15) is 22.3 Å². The number of aromatic nitrogens is 2. The van der Waals surface area contributed by atoms with Crippen LogP contribution < -0.4 is 16.4 Å². The first-order valence-corrected chi connectivity index (χ1v) is 16.8. The van der Waals surface area contributed by atoms with Gasteiger partial charge in [-0.25, -0.2) is 14.8 Å². The molecule has 2 saturated heterocycles. The molecule has 2 fully saturated rings. The number of nitrogens with two attached hydrogens (primary N) is 1. The molecule has 0 saturated carbocycles. The summed E-state index contributed by atoms with van der Waals surface area (Å²) in [6.07, 6.45) is 2.20. The lowest BCUT2D eigenvalue weighted by Crippen LogP contribution is -2.58. The zero-order valence-electron chi connectivity index (χ0n) is 27.8. The minimum absolute atomic E-state index is 0.137. The molecule has 11 heteroatoms. The average molecular weight is 672 g/mol. The van der Waals surface area contributed by atoms with Crippen LogP contribution in [0.5, 0.6) is 0 Å². The molecule has 7 rings (SSSR count). The number of anilines is 1. The van der Waals surface area contributed by atoms with Crippen molar-refractivity contribution in [1.82, 2.24) is 30.4 Å². The number of nitrogen functional groups attached to an aromatic ring is 1. The molecule has 2 unspecified atom stereocenters. The van der Waals surface area contributed by atoms with Gasteiger partial charge in [-0.15, -0.1) is 0 Å². The van der Waals surface area contributed by atoms with Gasteiger partial charge in [-0.3, -0.25) is 14.5 Å². The van der Waals surface area contributed by atoms with Gasteiger partial charge in [-0.2, -0.15) is 0 Å². The molecule has 2 aliphatic heterocycles. The molecule has 4 N–H and O–H groups in total. The monoisotopic (exact) mass is 671 g/mol. The summed E-state index contributed by atoms with van der Waals surface area (Å²) in [5, 5.41) is 7.00. The van der Waals surface area contributed by atoms with E-state index in [2.05, 4.69) is 32.7 Å². The van der Waals surface area contributed by atoms with Crippen LogP contribution in [-0.2, 0) is 40.3 Å². The second-order valence-electron chi connectivity index (χ2n) is 12.3. The quantitative estimate of drug-likeness (QED) is 0.224. The maximum absolute atomic E-state index is 12.9. The van der Waals surface area contributed by atoms with E-state index in [0.29, 0.717) is 44.8 Å². The van der Waals surface area contributed by atoms with Crippen LogP contribution in [0.4, 0.5) is 10.6 Å². The molecule has 5 aromatic rings. The summed E-state index contributed by atoms with van der Waals surface area (Å²) in [6, 6.07) is 34.5. The summed E-state index contributed by atoms with van der Waals surface area (Å²) in [6.45, 7) is 3.18. The summed E-state index contributed by atoms with van der Waals surface area (Å²) >= 11 is 0. The van der Waals surface area contributed by atoms with Gasteiger partial charge in [-0.05, 0) is 40.8 Å². The van der Waals surface area contributed by atoms with Crippen LogP contribution >= 0.6 is 0 Å². The number of amides is 3. The number of ether oxygens (including phenoxy) is 1. The number of piperazine rings is 2. The summed E-state index contributed by atoms with van der Waals surface area (Å²) in [7, 11) is 0. The fourth-order valence-corrected chi connectivity index (χ4v) is 6.18. The Morgan fingerprint density at radius 3 is 2.14 bits per heavy atom. The van der Waals surface area contributed by atoms with E-state index in [1.54, 1.807) is 0 Å². The lowest BCUT2D eigenvalue weighted by atomic mass is 10.0. The number of benzene rings is 4. The second-order valence-corrected chi connectivity index (χ2v) is 12.3. The highest BCUT2D eigenvalue weighted by Gasteiger charge is 2.34. The Morgan fingerprint density at radius 1 is 0.780 bits per heavy atom. The SMILES string of the molecule is Nc1ncnc2cc(CN3CCNC(Cc4ccccc4)C3=O)ccc12.O=C1NCCN(C(=O)OCc2ccccc2)C1Cc1ccccc1. The van der Waals surface area contributed by atoms with Gasteiger partial charge in [0.2, 0.25) is 11.8 Å². The number of carbonyl (C=O) groups excluding carboxylic acids is 3. The van der Waals surface area contributed by atoms with E-state index in [0.717, 1.165) is 39.7 Å². The first-order valence-electron chi connectivity index (χ1n) is 16.8. The van der Waals surface area contributed by atoms with Gasteiger partial charge in [0.25, 0.3) is 0 Å². The maximum Gasteiger partial charge on any atom is 0.410 e. The van der Waals surface area contributed by atoms with Crippen LogP contribution in [0.25, 0.3) is 10.9 Å². The first-order chi connectivity index (χ1) is 24.4. The maximum atomic E-state index is 12.9. The number of carbonyl (C=O) groups is 3. The zero-order chi connectivity index (χ0) is 34.7. The lowest BCUT2D eigenvalue weighted by molar-refractivity contribution is -0.136. The van der Waals surface area contributed by atoms with Crippen molar-refractivity contribution in [1.29, 1.82) is 0 Å². The van der Waals surface area contributed by atoms with Crippen molar-refractivity contribution < 1.29 is 19.1 Å². The third-order valence-electron chi connectivity index (χ3n) is 8.81. The summed E-state index contributed by atoms with van der Waals surface area (Å²) in [5.74, 6) is 0.479. The van der Waals surface area contributed by atoms with E-state index in [1.165, 1.54) is 11.2 Å². The highest BCUT2D eigenvalue weighted by Crippen LogP contribution is 2.20. The van der Waals surface area contributed by atoms with Gasteiger partial charge in [0.15, 0.2) is 0 Å². The Labute approximate surface area is 291 Å². The second kappa shape index (κ2) is 16.5. The number of nitrogens with one attached hydrogen (secondary N) is 2. The first kappa shape index (κ1) is 34.1. The molecule has 256 valence electrons. The standard InChI is InChI=1S/C20H21N5O.C19H20N2O3/c21-19-16-7-6-15(11-17(16)23-13-24-19)12-25-9-8-22-18(20(25)26)10-14-4-2-1-3-5-14;22-18-17(13-15-7-3-1-4-8-15)21(12-11-20-18)19(23)24-14-16-9-5-2-6-10-16/h1-7,11,13,18,22H,8-10,12H2,(H2,21,23,24);1-10,17H,11-14H2,(H,20,22). The van der Waals surface area contributed by atoms with Crippen LogP contribution in [0.3, 0.4) is 0 Å². The van der Waals surface area contributed by atoms with Gasteiger partial charge >= 0.3 is 6.09 Å². The lowest BCUT2D eigenvalue weighted by Gasteiger charge is -2.34. The average Bonchev–Trinajstić information content (AvgIpc) is 3.15. The van der Waals surface area contributed by atoms with Crippen molar-refractivity contribution in [3.8, 4) is 0 Å². The van der Waals surface area contributed by atoms with Gasteiger partial charge in [-0.1, -0.05) is 97.1 Å². The van der Waals surface area contributed by atoms with Crippen LogP contribution in [0.2, 0.25) is 0 Å². The Bertz CT molecular complexity index is 1890. The molecule has 11 nitrogen and oxygen atoms in total. The number of hydrogen-bond donors (Lipinski definition) is 3. The number of nitrogens with zero attached hydrogens (tertiary/aromatic N) is 4. The third kappa shape index (κ3) is 8.80. The molecule has 1 aromatic heterocycles. The van der Waals surface area contributed by atoms with Crippen LogP contribution in [-0.4, -0.2) is 75.9 Å². The smallest absolute Gasteiger partial charge is 0.410 e. The Hall–Kier alpha value is -5.81.